The first kappa shape index (κ1) is 17.1. The molecule has 124 valence electrons. The van der Waals surface area contributed by atoms with Gasteiger partial charge in [-0.3, -0.25) is 0 Å². The highest BCUT2D eigenvalue weighted by Crippen LogP contribution is 2.18. The molecule has 0 amide bonds. The molecule has 2 heterocycles. The molecule has 0 aromatic carbocycles. The summed E-state index contributed by atoms with van der Waals surface area (Å²) in [6.07, 6.45) is 6.19. The summed E-state index contributed by atoms with van der Waals surface area (Å²) >= 11 is 0. The zero-order valence-electron chi connectivity index (χ0n) is 13.0. The number of nitrogens with two attached hydrogens (primary N) is 1. The lowest BCUT2D eigenvalue weighted by molar-refractivity contribution is 0.281. The Labute approximate surface area is 129 Å². The highest BCUT2D eigenvalue weighted by molar-refractivity contribution is 7.86. The van der Waals surface area contributed by atoms with E-state index in [1.165, 1.54) is 0 Å². The Morgan fingerprint density at radius 3 is 2.05 bits per heavy atom. The molecule has 2 N–H and O–H groups in total. The summed E-state index contributed by atoms with van der Waals surface area (Å²) in [5.74, 6) is 0. The molecule has 2 fully saturated rings. The predicted octanol–water partition coefficient (Wildman–Crippen LogP) is 0.464. The highest BCUT2D eigenvalue weighted by Gasteiger charge is 2.31. The van der Waals surface area contributed by atoms with Gasteiger partial charge >= 0.3 is 0 Å². The fourth-order valence-electron chi connectivity index (χ4n) is 3.15. The number of hydrogen-bond acceptors (Lipinski definition) is 4. The summed E-state index contributed by atoms with van der Waals surface area (Å²) < 4.78 is 29.0. The van der Waals surface area contributed by atoms with E-state index in [0.29, 0.717) is 32.7 Å². The van der Waals surface area contributed by atoms with Gasteiger partial charge in [0, 0.05) is 32.7 Å². The third-order valence-corrected chi connectivity index (χ3v) is 6.48. The average Bonchev–Trinajstić information content (AvgIpc) is 2.88. The van der Waals surface area contributed by atoms with Gasteiger partial charge < -0.3 is 10.6 Å². The van der Waals surface area contributed by atoms with E-state index < -0.39 is 10.2 Å². The van der Waals surface area contributed by atoms with Gasteiger partial charge in [0.05, 0.1) is 0 Å². The number of rotatable bonds is 5. The summed E-state index contributed by atoms with van der Waals surface area (Å²) in [4.78, 5) is 2.34. The standard InChI is InChI=1S/C14H30N4O2S/c15-7-5-8-16-9-6-12-18(14-13-16)21(19,20)17-10-3-1-2-4-11-17/h1-15H2. The van der Waals surface area contributed by atoms with Gasteiger partial charge in [-0.25, -0.2) is 0 Å². The lowest BCUT2D eigenvalue weighted by atomic mass is 10.2. The quantitative estimate of drug-likeness (QED) is 0.800. The molecule has 6 nitrogen and oxygen atoms in total. The Balaban J connectivity index is 1.93. The van der Waals surface area contributed by atoms with Gasteiger partial charge in [-0.05, 0) is 45.3 Å². The van der Waals surface area contributed by atoms with Crippen LogP contribution in [-0.4, -0.2) is 74.3 Å². The molecular formula is C14H30N4O2S. The molecule has 0 unspecified atom stereocenters. The minimum Gasteiger partial charge on any atom is -0.330 e. The molecule has 0 spiro atoms. The summed E-state index contributed by atoms with van der Waals surface area (Å²) in [5.41, 5.74) is 5.55. The van der Waals surface area contributed by atoms with Crippen LogP contribution in [-0.2, 0) is 10.2 Å². The number of nitrogens with zero attached hydrogens (tertiary/aromatic N) is 3. The fraction of sp³-hybridized carbons (Fsp3) is 1.00. The lowest BCUT2D eigenvalue weighted by Crippen LogP contribution is -2.45. The second-order valence-electron chi connectivity index (χ2n) is 6.06. The van der Waals surface area contributed by atoms with Gasteiger partial charge in [-0.15, -0.1) is 0 Å². The van der Waals surface area contributed by atoms with Crippen molar-refractivity contribution >= 4 is 10.2 Å². The first-order valence-electron chi connectivity index (χ1n) is 8.32. The molecule has 0 atom stereocenters. The largest absolute Gasteiger partial charge is 0.330 e. The maximum Gasteiger partial charge on any atom is 0.282 e. The van der Waals surface area contributed by atoms with Gasteiger partial charge in [0.1, 0.15) is 0 Å². The van der Waals surface area contributed by atoms with Crippen LogP contribution in [0.3, 0.4) is 0 Å². The molecule has 0 bridgehead atoms. The Hall–Kier alpha value is -0.210. The zero-order chi connectivity index (χ0) is 15.1. The zero-order valence-corrected chi connectivity index (χ0v) is 13.9. The molecule has 7 heteroatoms. The molecule has 2 saturated heterocycles. The maximum absolute atomic E-state index is 12.8. The molecule has 0 saturated carbocycles. The normalized spacial score (nSPS) is 24.6. The van der Waals surface area contributed by atoms with Crippen molar-refractivity contribution in [3.05, 3.63) is 0 Å². The van der Waals surface area contributed by atoms with Crippen LogP contribution in [0, 0.1) is 0 Å². The maximum atomic E-state index is 12.8. The van der Waals surface area contributed by atoms with Crippen LogP contribution in [0.1, 0.15) is 38.5 Å². The Morgan fingerprint density at radius 2 is 1.38 bits per heavy atom. The SMILES string of the molecule is NCCCN1CCCN(S(=O)(=O)N2CCCCCC2)CC1. The van der Waals surface area contributed by atoms with Crippen LogP contribution in [0.5, 0.6) is 0 Å². The fourth-order valence-corrected chi connectivity index (χ4v) is 4.87. The molecule has 2 aliphatic heterocycles. The van der Waals surface area contributed by atoms with Crippen molar-refractivity contribution in [3.8, 4) is 0 Å². The predicted molar refractivity (Wildman–Crippen MR) is 85.3 cm³/mol. The van der Waals surface area contributed by atoms with Crippen LogP contribution < -0.4 is 5.73 Å². The van der Waals surface area contributed by atoms with E-state index >= 15 is 0 Å². The second-order valence-corrected chi connectivity index (χ2v) is 7.99. The van der Waals surface area contributed by atoms with Crippen molar-refractivity contribution in [1.82, 2.24) is 13.5 Å². The van der Waals surface area contributed by atoms with Gasteiger partial charge in [0.15, 0.2) is 0 Å². The average molecular weight is 318 g/mol. The molecule has 21 heavy (non-hydrogen) atoms. The summed E-state index contributed by atoms with van der Waals surface area (Å²) in [7, 11) is -3.26. The Morgan fingerprint density at radius 1 is 0.762 bits per heavy atom. The first-order chi connectivity index (χ1) is 10.1. The van der Waals surface area contributed by atoms with Crippen LogP contribution in [0.4, 0.5) is 0 Å². The van der Waals surface area contributed by atoms with E-state index in [9.17, 15) is 8.42 Å². The van der Waals surface area contributed by atoms with Crippen molar-refractivity contribution in [2.45, 2.75) is 38.5 Å². The first-order valence-corrected chi connectivity index (χ1v) is 9.72. The Kier molecular flexibility index (Phi) is 6.88. The van der Waals surface area contributed by atoms with Crippen molar-refractivity contribution in [1.29, 1.82) is 0 Å². The third kappa shape index (κ3) is 4.89. The minimum atomic E-state index is -3.26. The van der Waals surface area contributed by atoms with E-state index in [4.69, 9.17) is 5.73 Å². The molecule has 0 aromatic heterocycles. The molecule has 2 rings (SSSR count). The van der Waals surface area contributed by atoms with Gasteiger partial charge in [0.25, 0.3) is 10.2 Å². The van der Waals surface area contributed by atoms with Crippen molar-refractivity contribution < 1.29 is 8.42 Å². The van der Waals surface area contributed by atoms with E-state index in [2.05, 4.69) is 4.90 Å². The van der Waals surface area contributed by atoms with E-state index in [0.717, 1.165) is 58.2 Å². The summed E-state index contributed by atoms with van der Waals surface area (Å²) in [5, 5.41) is 0. The van der Waals surface area contributed by atoms with Gasteiger partial charge in [-0.1, -0.05) is 12.8 Å². The Bertz CT molecular complexity index is 394. The van der Waals surface area contributed by atoms with Crippen molar-refractivity contribution in [2.24, 2.45) is 5.73 Å². The highest BCUT2D eigenvalue weighted by atomic mass is 32.2. The van der Waals surface area contributed by atoms with Crippen molar-refractivity contribution in [2.75, 3.05) is 52.4 Å². The molecule has 0 aliphatic carbocycles. The topological polar surface area (TPSA) is 69.9 Å². The molecule has 0 radical (unpaired) electrons. The van der Waals surface area contributed by atoms with Crippen LogP contribution >= 0.6 is 0 Å². The van der Waals surface area contributed by atoms with E-state index in [1.54, 1.807) is 8.61 Å². The van der Waals surface area contributed by atoms with Gasteiger partial charge in [0.2, 0.25) is 0 Å². The molecule has 0 aromatic rings. The monoisotopic (exact) mass is 318 g/mol. The summed E-state index contributed by atoms with van der Waals surface area (Å²) in [6.45, 7) is 6.13. The second kappa shape index (κ2) is 8.43. The van der Waals surface area contributed by atoms with E-state index in [-0.39, 0.29) is 0 Å². The molecular weight excluding hydrogens is 288 g/mol. The van der Waals surface area contributed by atoms with E-state index in [1.807, 2.05) is 0 Å². The smallest absolute Gasteiger partial charge is 0.282 e. The summed E-state index contributed by atoms with van der Waals surface area (Å²) in [6, 6.07) is 0. The third-order valence-electron chi connectivity index (χ3n) is 4.44. The van der Waals surface area contributed by atoms with Gasteiger partial charge in [-0.2, -0.15) is 17.0 Å². The number of hydrogen-bond donors (Lipinski definition) is 1. The lowest BCUT2D eigenvalue weighted by Gasteiger charge is -2.28. The van der Waals surface area contributed by atoms with Crippen LogP contribution in [0.15, 0.2) is 0 Å². The minimum absolute atomic E-state index is 0.614. The molecule has 2 aliphatic rings. The van der Waals surface area contributed by atoms with Crippen LogP contribution in [0.25, 0.3) is 0 Å². The van der Waals surface area contributed by atoms with Crippen LogP contribution in [0.2, 0.25) is 0 Å². The van der Waals surface area contributed by atoms with Crippen molar-refractivity contribution in [3.63, 3.8) is 0 Å².